The van der Waals surface area contributed by atoms with Crippen LogP contribution in [0.4, 0.5) is 4.39 Å². The van der Waals surface area contributed by atoms with Crippen LogP contribution < -0.4 is 5.73 Å². The van der Waals surface area contributed by atoms with Crippen LogP contribution in [0.1, 0.15) is 13.8 Å². The molecule has 0 fully saturated rings. The van der Waals surface area contributed by atoms with Gasteiger partial charge in [0.25, 0.3) is 0 Å². The van der Waals surface area contributed by atoms with E-state index < -0.39 is 5.67 Å². The zero-order valence-corrected chi connectivity index (χ0v) is 7.90. The summed E-state index contributed by atoms with van der Waals surface area (Å²) in [5.41, 5.74) is 3.63. The van der Waals surface area contributed by atoms with Crippen molar-refractivity contribution in [1.82, 2.24) is 0 Å². The van der Waals surface area contributed by atoms with Crippen molar-refractivity contribution in [3.63, 3.8) is 0 Å². The van der Waals surface area contributed by atoms with Gasteiger partial charge in [0.1, 0.15) is 5.67 Å². The first-order chi connectivity index (χ1) is 5.38. The summed E-state index contributed by atoms with van der Waals surface area (Å²) in [6.45, 7) is 6.13. The Labute approximate surface area is 76.6 Å². The lowest BCUT2D eigenvalue weighted by Gasteiger charge is -2.13. The highest BCUT2D eigenvalue weighted by atomic mass is 35.5. The predicted molar refractivity (Wildman–Crippen MR) is 50.9 cm³/mol. The molecule has 0 aliphatic carbocycles. The van der Waals surface area contributed by atoms with Crippen LogP contribution in [0.5, 0.6) is 0 Å². The number of allylic oxidation sites excluding steroid dienone is 3. The lowest BCUT2D eigenvalue weighted by molar-refractivity contribution is 0.266. The Hall–Kier alpha value is -0.830. The summed E-state index contributed by atoms with van der Waals surface area (Å²) >= 11 is 5.46. The summed E-state index contributed by atoms with van der Waals surface area (Å²) in [6.07, 6.45) is 2.36. The van der Waals surface area contributed by atoms with Crippen LogP contribution in [0.25, 0.3) is 0 Å². The fourth-order valence-electron chi connectivity index (χ4n) is 0.591. The van der Waals surface area contributed by atoms with Crippen LogP contribution in [0.15, 0.2) is 28.4 Å². The average Bonchev–Trinajstić information content (AvgIpc) is 1.83. The molecule has 0 radical (unpaired) electrons. The highest BCUT2D eigenvalue weighted by molar-refractivity contribution is 6.30. The van der Waals surface area contributed by atoms with Crippen molar-refractivity contribution in [3.8, 4) is 0 Å². The Morgan fingerprint density at radius 2 is 2.17 bits per heavy atom. The molecular weight excluding hydrogens is 179 g/mol. The molecule has 2 nitrogen and oxygen atoms in total. The molecule has 0 saturated carbocycles. The predicted octanol–water partition coefficient (Wildman–Crippen LogP) is 2.36. The van der Waals surface area contributed by atoms with E-state index in [1.54, 1.807) is 0 Å². The molecule has 0 amide bonds. The summed E-state index contributed by atoms with van der Waals surface area (Å²) in [4.78, 5) is 3.63. The highest BCUT2D eigenvalue weighted by Gasteiger charge is 2.21. The standard InChI is InChI=1S/C8H12ClFN2/c1-6(9)4-7(12-5-11)8(2,3)10/h4-5H,1H2,2-3H3,(H2,11,12)/b7-4-. The maximum atomic E-state index is 13.3. The molecule has 2 N–H and O–H groups in total. The van der Waals surface area contributed by atoms with Crippen LogP contribution in [-0.2, 0) is 0 Å². The second-order valence-corrected chi connectivity index (χ2v) is 3.21. The van der Waals surface area contributed by atoms with Gasteiger partial charge < -0.3 is 5.73 Å². The Balaban J connectivity index is 4.80. The number of hydrogen-bond acceptors (Lipinski definition) is 1. The zero-order valence-electron chi connectivity index (χ0n) is 7.14. The fraction of sp³-hybridized carbons (Fsp3) is 0.375. The summed E-state index contributed by atoms with van der Waals surface area (Å²) in [5, 5.41) is 0.223. The highest BCUT2D eigenvalue weighted by Crippen LogP contribution is 2.23. The van der Waals surface area contributed by atoms with Gasteiger partial charge in [0.2, 0.25) is 0 Å². The molecule has 0 atom stereocenters. The van der Waals surface area contributed by atoms with Crippen LogP contribution in [-0.4, -0.2) is 12.0 Å². The fourth-order valence-corrected chi connectivity index (χ4v) is 0.694. The zero-order chi connectivity index (χ0) is 9.78. The molecule has 0 heterocycles. The Morgan fingerprint density at radius 1 is 1.67 bits per heavy atom. The third-order valence-electron chi connectivity index (χ3n) is 1.12. The molecule has 0 aromatic rings. The molecule has 0 unspecified atom stereocenters. The van der Waals surface area contributed by atoms with Gasteiger partial charge in [-0.3, -0.25) is 0 Å². The topological polar surface area (TPSA) is 38.4 Å². The summed E-state index contributed by atoms with van der Waals surface area (Å²) < 4.78 is 13.3. The van der Waals surface area contributed by atoms with Gasteiger partial charge >= 0.3 is 0 Å². The summed E-state index contributed by atoms with van der Waals surface area (Å²) in [7, 11) is 0. The average molecular weight is 191 g/mol. The van der Waals surface area contributed by atoms with Crippen molar-refractivity contribution in [2.24, 2.45) is 10.7 Å². The maximum Gasteiger partial charge on any atom is 0.147 e. The molecule has 0 aliphatic heterocycles. The van der Waals surface area contributed by atoms with Crippen LogP contribution >= 0.6 is 11.6 Å². The number of alkyl halides is 1. The summed E-state index contributed by atoms with van der Waals surface area (Å²) in [6, 6.07) is 0. The van der Waals surface area contributed by atoms with Gasteiger partial charge in [-0.05, 0) is 19.9 Å². The second-order valence-electron chi connectivity index (χ2n) is 2.73. The molecule has 0 aromatic carbocycles. The number of rotatable bonds is 3. The molecule has 0 aliphatic rings. The van der Waals surface area contributed by atoms with E-state index in [2.05, 4.69) is 11.6 Å². The van der Waals surface area contributed by atoms with Crippen molar-refractivity contribution in [3.05, 3.63) is 23.4 Å². The smallest absolute Gasteiger partial charge is 0.147 e. The minimum Gasteiger partial charge on any atom is -0.390 e. The third-order valence-corrected chi connectivity index (χ3v) is 1.23. The van der Waals surface area contributed by atoms with Crippen molar-refractivity contribution in [1.29, 1.82) is 0 Å². The van der Waals surface area contributed by atoms with E-state index >= 15 is 0 Å². The normalized spacial score (nSPS) is 13.8. The minimum absolute atomic E-state index is 0.157. The van der Waals surface area contributed by atoms with Crippen molar-refractivity contribution in [2.75, 3.05) is 0 Å². The number of nitrogens with zero attached hydrogens (tertiary/aromatic N) is 1. The van der Waals surface area contributed by atoms with Crippen LogP contribution in [0, 0.1) is 0 Å². The quantitative estimate of drug-likeness (QED) is 0.414. The lowest BCUT2D eigenvalue weighted by atomic mass is 10.1. The Bertz CT molecular complexity index is 226. The van der Waals surface area contributed by atoms with Crippen molar-refractivity contribution >= 4 is 17.9 Å². The lowest BCUT2D eigenvalue weighted by Crippen LogP contribution is -2.15. The molecule has 0 rings (SSSR count). The molecule has 0 aromatic heterocycles. The van der Waals surface area contributed by atoms with Crippen molar-refractivity contribution < 1.29 is 4.39 Å². The first-order valence-electron chi connectivity index (χ1n) is 3.37. The molecule has 68 valence electrons. The van der Waals surface area contributed by atoms with E-state index in [1.807, 2.05) is 0 Å². The number of hydrogen-bond donors (Lipinski definition) is 1. The van der Waals surface area contributed by atoms with Gasteiger partial charge in [-0.15, -0.1) is 0 Å². The van der Waals surface area contributed by atoms with Gasteiger partial charge in [0.05, 0.1) is 12.0 Å². The van der Waals surface area contributed by atoms with Gasteiger partial charge in [0.15, 0.2) is 0 Å². The first kappa shape index (κ1) is 11.2. The maximum absolute atomic E-state index is 13.3. The number of nitrogens with two attached hydrogens (primary N) is 1. The second kappa shape index (κ2) is 4.26. The SMILES string of the molecule is C=C(Cl)/C=C(\N=C/N)C(C)(C)F. The Kier molecular flexibility index (Phi) is 3.96. The van der Waals surface area contributed by atoms with E-state index in [4.69, 9.17) is 17.3 Å². The van der Waals surface area contributed by atoms with E-state index in [1.165, 1.54) is 19.9 Å². The molecule has 4 heteroatoms. The van der Waals surface area contributed by atoms with Gasteiger partial charge in [-0.1, -0.05) is 18.2 Å². The van der Waals surface area contributed by atoms with E-state index in [-0.39, 0.29) is 10.7 Å². The van der Waals surface area contributed by atoms with Crippen LogP contribution in [0.3, 0.4) is 0 Å². The number of aliphatic imine (C=N–C) groups is 1. The van der Waals surface area contributed by atoms with E-state index in [0.717, 1.165) is 6.34 Å². The molecular formula is C8H12ClFN2. The van der Waals surface area contributed by atoms with E-state index in [9.17, 15) is 4.39 Å². The molecule has 0 bridgehead atoms. The Morgan fingerprint density at radius 3 is 2.42 bits per heavy atom. The number of halogens is 2. The first-order valence-corrected chi connectivity index (χ1v) is 3.75. The monoisotopic (exact) mass is 190 g/mol. The molecule has 0 spiro atoms. The van der Waals surface area contributed by atoms with Gasteiger partial charge in [-0.25, -0.2) is 9.38 Å². The van der Waals surface area contributed by atoms with Crippen molar-refractivity contribution in [2.45, 2.75) is 19.5 Å². The molecule has 12 heavy (non-hydrogen) atoms. The summed E-state index contributed by atoms with van der Waals surface area (Å²) in [5.74, 6) is 0. The third kappa shape index (κ3) is 4.13. The largest absolute Gasteiger partial charge is 0.390 e. The van der Waals surface area contributed by atoms with Gasteiger partial charge in [0, 0.05) is 5.03 Å². The molecule has 0 saturated heterocycles. The van der Waals surface area contributed by atoms with Crippen LogP contribution in [0.2, 0.25) is 0 Å². The minimum atomic E-state index is -1.56. The van der Waals surface area contributed by atoms with E-state index in [0.29, 0.717) is 0 Å². The van der Waals surface area contributed by atoms with Gasteiger partial charge in [-0.2, -0.15) is 0 Å².